The molecule has 2 N–H and O–H groups in total. The van der Waals surface area contributed by atoms with E-state index in [-0.39, 0.29) is 18.0 Å². The van der Waals surface area contributed by atoms with E-state index in [0.29, 0.717) is 12.3 Å². The fourth-order valence-corrected chi connectivity index (χ4v) is 2.78. The molecular weight excluding hydrogens is 244 g/mol. The summed E-state index contributed by atoms with van der Waals surface area (Å²) in [7, 11) is 0. The van der Waals surface area contributed by atoms with E-state index in [1.54, 1.807) is 0 Å². The molecule has 2 aliphatic carbocycles. The number of carboxylic acid groups (broad SMARTS) is 1. The van der Waals surface area contributed by atoms with Gasteiger partial charge in [0.15, 0.2) is 0 Å². The summed E-state index contributed by atoms with van der Waals surface area (Å²) in [6.45, 7) is 3.55. The summed E-state index contributed by atoms with van der Waals surface area (Å²) in [6.07, 6.45) is 5.55. The van der Waals surface area contributed by atoms with Gasteiger partial charge in [-0.15, -0.1) is 0 Å². The molecule has 2 saturated carbocycles. The van der Waals surface area contributed by atoms with Gasteiger partial charge in [-0.05, 0) is 44.9 Å². The van der Waals surface area contributed by atoms with Crippen molar-refractivity contribution in [1.82, 2.24) is 10.2 Å². The molecule has 0 radical (unpaired) electrons. The molecule has 0 heterocycles. The van der Waals surface area contributed by atoms with E-state index in [0.717, 1.165) is 32.4 Å². The molecular formula is C14H24N2O3. The Morgan fingerprint density at radius 1 is 1.26 bits per heavy atom. The van der Waals surface area contributed by atoms with E-state index in [4.69, 9.17) is 5.11 Å². The maximum atomic E-state index is 12.1. The summed E-state index contributed by atoms with van der Waals surface area (Å²) < 4.78 is 0. The first-order chi connectivity index (χ1) is 9.10. The number of amides is 2. The van der Waals surface area contributed by atoms with Crippen molar-refractivity contribution in [3.63, 3.8) is 0 Å². The van der Waals surface area contributed by atoms with Crippen LogP contribution < -0.4 is 5.32 Å². The van der Waals surface area contributed by atoms with Crippen molar-refractivity contribution in [2.45, 2.75) is 51.5 Å². The lowest BCUT2D eigenvalue weighted by atomic mass is 9.86. The molecule has 0 spiro atoms. The first-order valence-corrected chi connectivity index (χ1v) is 7.38. The van der Waals surface area contributed by atoms with Crippen LogP contribution in [0.2, 0.25) is 0 Å². The van der Waals surface area contributed by atoms with E-state index in [1.807, 2.05) is 11.8 Å². The Morgan fingerprint density at radius 3 is 2.58 bits per heavy atom. The third-order valence-electron chi connectivity index (χ3n) is 4.20. The second-order valence-corrected chi connectivity index (χ2v) is 5.83. The minimum absolute atomic E-state index is 0.0227. The number of carboxylic acids is 1. The number of aliphatic carboxylic acids is 1. The standard InChI is InChI=1S/C14H24N2O3/c1-2-16(9-10-6-7-10)14(19)15-12-5-3-4-11(8-12)13(17)18/h10-12H,2-9H2,1H3,(H,15,19)(H,17,18). The molecule has 2 fully saturated rings. The molecule has 5 nitrogen and oxygen atoms in total. The van der Waals surface area contributed by atoms with Crippen molar-refractivity contribution in [2.75, 3.05) is 13.1 Å². The van der Waals surface area contributed by atoms with Crippen molar-refractivity contribution in [1.29, 1.82) is 0 Å². The molecule has 0 saturated heterocycles. The largest absolute Gasteiger partial charge is 0.481 e. The SMILES string of the molecule is CCN(CC1CC1)C(=O)NC1CCCC(C(=O)O)C1. The van der Waals surface area contributed by atoms with Crippen LogP contribution in [-0.2, 0) is 4.79 Å². The zero-order valence-corrected chi connectivity index (χ0v) is 11.6. The van der Waals surface area contributed by atoms with E-state index in [2.05, 4.69) is 5.32 Å². The molecule has 2 unspecified atom stereocenters. The molecule has 108 valence electrons. The molecule has 0 aromatic carbocycles. The quantitative estimate of drug-likeness (QED) is 0.802. The molecule has 2 aliphatic rings. The molecule has 0 bridgehead atoms. The van der Waals surface area contributed by atoms with Gasteiger partial charge < -0.3 is 15.3 Å². The van der Waals surface area contributed by atoms with Crippen molar-refractivity contribution in [3.05, 3.63) is 0 Å². The van der Waals surface area contributed by atoms with Crippen molar-refractivity contribution < 1.29 is 14.7 Å². The van der Waals surface area contributed by atoms with Crippen LogP contribution in [0, 0.1) is 11.8 Å². The topological polar surface area (TPSA) is 69.6 Å². The lowest BCUT2D eigenvalue weighted by molar-refractivity contribution is -0.143. The lowest BCUT2D eigenvalue weighted by Gasteiger charge is -2.30. The maximum absolute atomic E-state index is 12.1. The van der Waals surface area contributed by atoms with E-state index >= 15 is 0 Å². The van der Waals surface area contributed by atoms with Gasteiger partial charge in [0.05, 0.1) is 5.92 Å². The van der Waals surface area contributed by atoms with Crippen LogP contribution in [0.15, 0.2) is 0 Å². The average Bonchev–Trinajstić information content (AvgIpc) is 3.20. The number of nitrogens with one attached hydrogen (secondary N) is 1. The van der Waals surface area contributed by atoms with Gasteiger partial charge >= 0.3 is 12.0 Å². The van der Waals surface area contributed by atoms with Crippen LogP contribution in [0.25, 0.3) is 0 Å². The molecule has 0 aromatic rings. The monoisotopic (exact) mass is 268 g/mol. The number of urea groups is 1. The van der Waals surface area contributed by atoms with Crippen molar-refractivity contribution in [3.8, 4) is 0 Å². The van der Waals surface area contributed by atoms with Crippen LogP contribution in [0.3, 0.4) is 0 Å². The summed E-state index contributed by atoms with van der Waals surface area (Å²) in [5.74, 6) is -0.342. The summed E-state index contributed by atoms with van der Waals surface area (Å²) in [6, 6.07) is 0.000965. The van der Waals surface area contributed by atoms with Crippen molar-refractivity contribution in [2.24, 2.45) is 11.8 Å². The Labute approximate surface area is 114 Å². The molecule has 5 heteroatoms. The second-order valence-electron chi connectivity index (χ2n) is 5.83. The molecule has 0 aliphatic heterocycles. The summed E-state index contributed by atoms with van der Waals surface area (Å²) in [5, 5.41) is 12.1. The predicted octanol–water partition coefficient (Wildman–Crippen LogP) is 2.07. The second kappa shape index (κ2) is 6.26. The Kier molecular flexibility index (Phi) is 4.66. The van der Waals surface area contributed by atoms with Gasteiger partial charge in [0, 0.05) is 19.1 Å². The highest BCUT2D eigenvalue weighted by Gasteiger charge is 2.30. The highest BCUT2D eigenvalue weighted by atomic mass is 16.4. The van der Waals surface area contributed by atoms with Gasteiger partial charge in [-0.1, -0.05) is 6.42 Å². The number of carbonyl (C=O) groups is 2. The fraction of sp³-hybridized carbons (Fsp3) is 0.857. The zero-order valence-electron chi connectivity index (χ0n) is 11.6. The first-order valence-electron chi connectivity index (χ1n) is 7.38. The minimum atomic E-state index is -0.732. The Bertz CT molecular complexity index is 342. The number of carbonyl (C=O) groups excluding carboxylic acids is 1. The summed E-state index contributed by atoms with van der Waals surface area (Å²) >= 11 is 0. The van der Waals surface area contributed by atoms with E-state index < -0.39 is 5.97 Å². The van der Waals surface area contributed by atoms with Gasteiger partial charge in [-0.25, -0.2) is 4.79 Å². The van der Waals surface area contributed by atoms with Crippen molar-refractivity contribution >= 4 is 12.0 Å². The third-order valence-corrected chi connectivity index (χ3v) is 4.20. The minimum Gasteiger partial charge on any atom is -0.481 e. The van der Waals surface area contributed by atoms with Crippen LogP contribution in [-0.4, -0.2) is 41.1 Å². The highest BCUT2D eigenvalue weighted by Crippen LogP contribution is 2.30. The van der Waals surface area contributed by atoms with Gasteiger partial charge in [-0.2, -0.15) is 0 Å². The summed E-state index contributed by atoms with van der Waals surface area (Å²) in [5.41, 5.74) is 0. The van der Waals surface area contributed by atoms with Crippen LogP contribution in [0.1, 0.15) is 45.4 Å². The number of hydrogen-bond donors (Lipinski definition) is 2. The van der Waals surface area contributed by atoms with Crippen LogP contribution in [0.4, 0.5) is 4.79 Å². The lowest BCUT2D eigenvalue weighted by Crippen LogP contribution is -2.47. The predicted molar refractivity (Wildman–Crippen MR) is 71.9 cm³/mol. The number of hydrogen-bond acceptors (Lipinski definition) is 2. The molecule has 19 heavy (non-hydrogen) atoms. The van der Waals surface area contributed by atoms with Gasteiger partial charge in [0.1, 0.15) is 0 Å². The smallest absolute Gasteiger partial charge is 0.317 e. The molecule has 2 atom stereocenters. The molecule has 2 rings (SSSR count). The Hall–Kier alpha value is -1.26. The average molecular weight is 268 g/mol. The molecule has 0 aromatic heterocycles. The molecule has 2 amide bonds. The first kappa shape index (κ1) is 14.2. The van der Waals surface area contributed by atoms with Gasteiger partial charge in [0.2, 0.25) is 0 Å². The Balaban J connectivity index is 1.81. The number of nitrogens with zero attached hydrogens (tertiary/aromatic N) is 1. The van der Waals surface area contributed by atoms with Gasteiger partial charge in [-0.3, -0.25) is 4.79 Å². The van der Waals surface area contributed by atoms with Crippen LogP contribution >= 0.6 is 0 Å². The van der Waals surface area contributed by atoms with E-state index in [1.165, 1.54) is 12.8 Å². The maximum Gasteiger partial charge on any atom is 0.317 e. The Morgan fingerprint density at radius 2 is 2.00 bits per heavy atom. The third kappa shape index (κ3) is 4.11. The summed E-state index contributed by atoms with van der Waals surface area (Å²) in [4.78, 5) is 25.0. The normalized spacial score (nSPS) is 26.8. The van der Waals surface area contributed by atoms with E-state index in [9.17, 15) is 9.59 Å². The van der Waals surface area contributed by atoms with Crippen LogP contribution in [0.5, 0.6) is 0 Å². The zero-order chi connectivity index (χ0) is 13.8. The highest BCUT2D eigenvalue weighted by molar-refractivity contribution is 5.75. The number of rotatable bonds is 5. The van der Waals surface area contributed by atoms with Gasteiger partial charge in [0.25, 0.3) is 0 Å². The fourth-order valence-electron chi connectivity index (χ4n) is 2.78.